The van der Waals surface area contributed by atoms with Crippen LogP contribution < -0.4 is 4.90 Å². The van der Waals surface area contributed by atoms with Crippen LogP contribution in [0.4, 0.5) is 10.8 Å². The van der Waals surface area contributed by atoms with Gasteiger partial charge in [-0.15, -0.1) is 10.2 Å². The van der Waals surface area contributed by atoms with Crippen LogP contribution in [0.25, 0.3) is 0 Å². The second kappa shape index (κ2) is 6.71. The lowest BCUT2D eigenvalue weighted by molar-refractivity contribution is -0.133. The van der Waals surface area contributed by atoms with Crippen molar-refractivity contribution in [3.05, 3.63) is 29.8 Å². The molecule has 0 radical (unpaired) electrons. The molecule has 0 saturated carbocycles. The Hall–Kier alpha value is -1.60. The van der Waals surface area contributed by atoms with E-state index in [4.69, 9.17) is 5.11 Å². The summed E-state index contributed by atoms with van der Waals surface area (Å²) >= 11 is 2.58. The van der Waals surface area contributed by atoms with Gasteiger partial charge in [-0.2, -0.15) is 0 Å². The summed E-state index contributed by atoms with van der Waals surface area (Å²) in [4.78, 5) is 12.5. The predicted molar refractivity (Wildman–Crippen MR) is 82.2 cm³/mol. The van der Waals surface area contributed by atoms with Crippen LogP contribution in [0.3, 0.4) is 0 Å². The maximum Gasteiger partial charge on any atom is 0.313 e. The van der Waals surface area contributed by atoms with Gasteiger partial charge in [0.05, 0.1) is 5.75 Å². The summed E-state index contributed by atoms with van der Waals surface area (Å²) < 4.78 is 0.666. The maximum atomic E-state index is 10.5. The van der Waals surface area contributed by atoms with Crippen LogP contribution in [0, 0.1) is 0 Å². The molecule has 0 aliphatic heterocycles. The Morgan fingerprint density at radius 2 is 2.05 bits per heavy atom. The SMILES string of the molecule is CCc1ccc(N(C)c2nnc(SCC(=O)O)s2)cc1. The number of aryl methyl sites for hydroxylation is 1. The summed E-state index contributed by atoms with van der Waals surface area (Å²) in [6.45, 7) is 2.12. The summed E-state index contributed by atoms with van der Waals surface area (Å²) in [5.41, 5.74) is 2.32. The first-order chi connectivity index (χ1) is 9.60. The molecule has 0 aliphatic carbocycles. The fraction of sp³-hybridized carbons (Fsp3) is 0.308. The Morgan fingerprint density at radius 3 is 2.65 bits per heavy atom. The number of aromatic nitrogens is 2. The Labute approximate surface area is 125 Å². The third-order valence-corrected chi connectivity index (χ3v) is 4.85. The van der Waals surface area contributed by atoms with E-state index in [1.54, 1.807) is 0 Å². The number of hydrogen-bond acceptors (Lipinski definition) is 6. The summed E-state index contributed by atoms with van der Waals surface area (Å²) in [5, 5.41) is 17.5. The number of carboxylic acids is 1. The number of nitrogens with zero attached hydrogens (tertiary/aromatic N) is 3. The molecular weight excluding hydrogens is 294 g/mol. The van der Waals surface area contributed by atoms with E-state index in [1.165, 1.54) is 28.7 Å². The van der Waals surface area contributed by atoms with Crippen molar-refractivity contribution in [2.45, 2.75) is 17.7 Å². The second-order valence-electron chi connectivity index (χ2n) is 4.11. The lowest BCUT2D eigenvalue weighted by Gasteiger charge is -2.15. The lowest BCUT2D eigenvalue weighted by atomic mass is 10.1. The Kier molecular flexibility index (Phi) is 4.97. The number of benzene rings is 1. The van der Waals surface area contributed by atoms with Crippen LogP contribution >= 0.6 is 23.1 Å². The molecule has 0 bridgehead atoms. The van der Waals surface area contributed by atoms with Gasteiger partial charge in [-0.05, 0) is 24.1 Å². The highest BCUT2D eigenvalue weighted by atomic mass is 32.2. The van der Waals surface area contributed by atoms with Crippen LogP contribution in [0.15, 0.2) is 28.6 Å². The molecule has 106 valence electrons. The van der Waals surface area contributed by atoms with Crippen LogP contribution in [0.5, 0.6) is 0 Å². The number of aliphatic carboxylic acids is 1. The highest BCUT2D eigenvalue weighted by Crippen LogP contribution is 2.31. The van der Waals surface area contributed by atoms with E-state index in [9.17, 15) is 4.79 Å². The first-order valence-corrected chi connectivity index (χ1v) is 7.91. The van der Waals surface area contributed by atoms with Gasteiger partial charge in [0.2, 0.25) is 5.13 Å². The molecule has 1 heterocycles. The standard InChI is InChI=1S/C13H15N3O2S2/c1-3-9-4-6-10(7-5-9)16(2)12-14-15-13(20-12)19-8-11(17)18/h4-7H,3,8H2,1-2H3,(H,17,18). The van der Waals surface area contributed by atoms with Crippen molar-refractivity contribution in [3.8, 4) is 0 Å². The van der Waals surface area contributed by atoms with E-state index in [-0.39, 0.29) is 5.75 Å². The zero-order valence-corrected chi connectivity index (χ0v) is 12.9. The zero-order valence-electron chi connectivity index (χ0n) is 11.2. The van der Waals surface area contributed by atoms with Gasteiger partial charge in [0.15, 0.2) is 4.34 Å². The molecule has 0 aliphatic rings. The predicted octanol–water partition coefficient (Wildman–Crippen LogP) is 3.05. The minimum absolute atomic E-state index is 0.00352. The molecule has 0 atom stereocenters. The molecule has 1 N–H and O–H groups in total. The first kappa shape index (κ1) is 14.8. The molecule has 20 heavy (non-hydrogen) atoms. The fourth-order valence-corrected chi connectivity index (χ4v) is 3.13. The zero-order chi connectivity index (χ0) is 14.5. The minimum atomic E-state index is -0.852. The van der Waals surface area contributed by atoms with Crippen molar-refractivity contribution in [2.24, 2.45) is 0 Å². The average Bonchev–Trinajstić information content (AvgIpc) is 2.93. The van der Waals surface area contributed by atoms with Crippen LogP contribution in [-0.2, 0) is 11.2 Å². The minimum Gasteiger partial charge on any atom is -0.481 e. The monoisotopic (exact) mass is 309 g/mol. The van der Waals surface area contributed by atoms with Crippen molar-refractivity contribution < 1.29 is 9.90 Å². The molecule has 0 fully saturated rings. The normalized spacial score (nSPS) is 10.5. The van der Waals surface area contributed by atoms with E-state index in [2.05, 4.69) is 29.3 Å². The Balaban J connectivity index is 2.08. The lowest BCUT2D eigenvalue weighted by Crippen LogP contribution is -2.08. The number of carboxylic acid groups (broad SMARTS) is 1. The number of carbonyl (C=O) groups is 1. The van der Waals surface area contributed by atoms with Gasteiger partial charge in [0, 0.05) is 12.7 Å². The summed E-state index contributed by atoms with van der Waals surface area (Å²) in [6.07, 6.45) is 1.01. The molecular formula is C13H15N3O2S2. The van der Waals surface area contributed by atoms with E-state index in [0.717, 1.165) is 17.2 Å². The molecule has 5 nitrogen and oxygen atoms in total. The molecule has 2 rings (SSSR count). The quantitative estimate of drug-likeness (QED) is 0.827. The van der Waals surface area contributed by atoms with Gasteiger partial charge in [0.25, 0.3) is 0 Å². The molecule has 0 saturated heterocycles. The highest BCUT2D eigenvalue weighted by molar-refractivity contribution is 8.01. The van der Waals surface area contributed by atoms with Crippen molar-refractivity contribution in [3.63, 3.8) is 0 Å². The van der Waals surface area contributed by atoms with Crippen molar-refractivity contribution in [2.75, 3.05) is 17.7 Å². The Morgan fingerprint density at radius 1 is 1.35 bits per heavy atom. The highest BCUT2D eigenvalue weighted by Gasteiger charge is 2.12. The molecule has 7 heteroatoms. The van der Waals surface area contributed by atoms with Gasteiger partial charge in [-0.25, -0.2) is 0 Å². The van der Waals surface area contributed by atoms with Gasteiger partial charge in [0.1, 0.15) is 0 Å². The van der Waals surface area contributed by atoms with Crippen molar-refractivity contribution >= 4 is 39.9 Å². The third-order valence-electron chi connectivity index (χ3n) is 2.73. The second-order valence-corrected chi connectivity index (χ2v) is 6.29. The summed E-state index contributed by atoms with van der Waals surface area (Å²) in [6, 6.07) is 8.27. The van der Waals surface area contributed by atoms with Crippen LogP contribution in [-0.4, -0.2) is 34.1 Å². The van der Waals surface area contributed by atoms with Gasteiger partial charge < -0.3 is 10.0 Å². The fourth-order valence-electron chi connectivity index (χ4n) is 1.59. The van der Waals surface area contributed by atoms with Crippen LogP contribution in [0.1, 0.15) is 12.5 Å². The van der Waals surface area contributed by atoms with E-state index >= 15 is 0 Å². The van der Waals surface area contributed by atoms with Gasteiger partial charge >= 0.3 is 5.97 Å². The number of thioether (sulfide) groups is 1. The van der Waals surface area contributed by atoms with Gasteiger partial charge in [-0.3, -0.25) is 4.79 Å². The topological polar surface area (TPSA) is 66.3 Å². The van der Waals surface area contributed by atoms with Crippen LogP contribution in [0.2, 0.25) is 0 Å². The van der Waals surface area contributed by atoms with Crippen molar-refractivity contribution in [1.29, 1.82) is 0 Å². The summed E-state index contributed by atoms with van der Waals surface area (Å²) in [5.74, 6) is -0.848. The Bertz CT molecular complexity index is 584. The third kappa shape index (κ3) is 3.71. The maximum absolute atomic E-state index is 10.5. The molecule has 0 spiro atoms. The largest absolute Gasteiger partial charge is 0.481 e. The average molecular weight is 309 g/mol. The smallest absolute Gasteiger partial charge is 0.313 e. The van der Waals surface area contributed by atoms with Gasteiger partial charge in [-0.1, -0.05) is 42.2 Å². The first-order valence-electron chi connectivity index (χ1n) is 6.11. The molecule has 1 aromatic carbocycles. The molecule has 0 amide bonds. The number of hydrogen-bond donors (Lipinski definition) is 1. The van der Waals surface area contributed by atoms with E-state index < -0.39 is 5.97 Å². The molecule has 1 aromatic heterocycles. The van der Waals surface area contributed by atoms with E-state index in [0.29, 0.717) is 4.34 Å². The number of rotatable bonds is 6. The van der Waals surface area contributed by atoms with Crippen molar-refractivity contribution in [1.82, 2.24) is 10.2 Å². The molecule has 0 unspecified atom stereocenters. The van der Waals surface area contributed by atoms with E-state index in [1.807, 2.05) is 24.1 Å². The summed E-state index contributed by atoms with van der Waals surface area (Å²) in [7, 11) is 1.92. The molecule has 2 aromatic rings. The number of anilines is 2.